The Morgan fingerprint density at radius 3 is 2.55 bits per heavy atom. The van der Waals surface area contributed by atoms with Gasteiger partial charge in [-0.2, -0.15) is 0 Å². The van der Waals surface area contributed by atoms with Crippen LogP contribution in [0.25, 0.3) is 22.4 Å². The lowest BCUT2D eigenvalue weighted by Gasteiger charge is -1.95. The minimum absolute atomic E-state index is 0.0353. The molecule has 0 aliphatic heterocycles. The third-order valence-corrected chi connectivity index (χ3v) is 2.99. The largest absolute Gasteiger partial charge is 0.338 e. The molecule has 0 amide bonds. The van der Waals surface area contributed by atoms with Gasteiger partial charge in [0.1, 0.15) is 12.1 Å². The number of aldehydes is 1. The van der Waals surface area contributed by atoms with Crippen molar-refractivity contribution in [3.05, 3.63) is 58.1 Å². The zero-order valence-electron chi connectivity index (χ0n) is 10.2. The summed E-state index contributed by atoms with van der Waals surface area (Å²) in [5, 5.41) is 10.6. The smallest absolute Gasteiger partial charge is 0.269 e. The van der Waals surface area contributed by atoms with Crippen molar-refractivity contribution in [3.63, 3.8) is 0 Å². The Balaban J connectivity index is 2.05. The van der Waals surface area contributed by atoms with E-state index in [1.165, 1.54) is 12.1 Å². The van der Waals surface area contributed by atoms with E-state index in [0.717, 1.165) is 22.9 Å². The van der Waals surface area contributed by atoms with E-state index in [0.29, 0.717) is 11.4 Å². The van der Waals surface area contributed by atoms with Crippen LogP contribution < -0.4 is 0 Å². The minimum atomic E-state index is -0.446. The Morgan fingerprint density at radius 2 is 1.90 bits per heavy atom. The van der Waals surface area contributed by atoms with Gasteiger partial charge in [0.05, 0.1) is 16.0 Å². The fourth-order valence-corrected chi connectivity index (χ4v) is 1.98. The second-order valence-corrected chi connectivity index (χ2v) is 4.28. The van der Waals surface area contributed by atoms with Crippen molar-refractivity contribution in [1.29, 1.82) is 0 Å². The third-order valence-electron chi connectivity index (χ3n) is 2.99. The molecule has 98 valence electrons. The monoisotopic (exact) mass is 267 g/mol. The van der Waals surface area contributed by atoms with Gasteiger partial charge >= 0.3 is 0 Å². The van der Waals surface area contributed by atoms with E-state index < -0.39 is 4.92 Å². The van der Waals surface area contributed by atoms with Crippen LogP contribution in [0.5, 0.6) is 0 Å². The van der Waals surface area contributed by atoms with Crippen molar-refractivity contribution in [2.24, 2.45) is 0 Å². The van der Waals surface area contributed by atoms with Gasteiger partial charge in [0, 0.05) is 23.3 Å². The van der Waals surface area contributed by atoms with Gasteiger partial charge in [0.15, 0.2) is 0 Å². The highest BCUT2D eigenvalue weighted by molar-refractivity contribution is 5.86. The lowest BCUT2D eigenvalue weighted by Crippen LogP contribution is -1.87. The maximum absolute atomic E-state index is 10.7. The molecular weight excluding hydrogens is 258 g/mol. The first-order valence-electron chi connectivity index (χ1n) is 5.87. The van der Waals surface area contributed by atoms with Gasteiger partial charge in [-0.05, 0) is 30.3 Å². The SMILES string of the molecule is O=Cc1ccc2nc(-c3ccc([N+](=O)[O-])cc3)[nH]c2c1. The minimum Gasteiger partial charge on any atom is -0.338 e. The van der Waals surface area contributed by atoms with Gasteiger partial charge in [-0.1, -0.05) is 0 Å². The summed E-state index contributed by atoms with van der Waals surface area (Å²) in [4.78, 5) is 28.4. The number of hydrogen-bond acceptors (Lipinski definition) is 4. The number of aromatic amines is 1. The van der Waals surface area contributed by atoms with Crippen molar-refractivity contribution in [3.8, 4) is 11.4 Å². The van der Waals surface area contributed by atoms with Gasteiger partial charge < -0.3 is 4.98 Å². The van der Waals surface area contributed by atoms with Crippen LogP contribution in [-0.2, 0) is 0 Å². The molecule has 6 nitrogen and oxygen atoms in total. The zero-order valence-corrected chi connectivity index (χ0v) is 10.2. The number of nitro benzene ring substituents is 1. The Bertz CT molecular complexity index is 806. The number of benzene rings is 2. The topological polar surface area (TPSA) is 88.9 Å². The van der Waals surface area contributed by atoms with Crippen LogP contribution in [0, 0.1) is 10.1 Å². The molecule has 2 aromatic carbocycles. The van der Waals surface area contributed by atoms with Gasteiger partial charge in [0.2, 0.25) is 0 Å². The number of H-pyrrole nitrogens is 1. The van der Waals surface area contributed by atoms with Gasteiger partial charge in [-0.15, -0.1) is 0 Å². The van der Waals surface area contributed by atoms with Crippen LogP contribution in [0.1, 0.15) is 10.4 Å². The number of fused-ring (bicyclic) bond motifs is 1. The van der Waals surface area contributed by atoms with E-state index in [1.807, 2.05) is 0 Å². The van der Waals surface area contributed by atoms with Crippen molar-refractivity contribution in [2.75, 3.05) is 0 Å². The highest BCUT2D eigenvalue weighted by Gasteiger charge is 2.08. The van der Waals surface area contributed by atoms with E-state index in [2.05, 4.69) is 9.97 Å². The van der Waals surface area contributed by atoms with E-state index >= 15 is 0 Å². The second-order valence-electron chi connectivity index (χ2n) is 4.28. The molecule has 3 rings (SSSR count). The molecule has 1 N–H and O–H groups in total. The molecule has 0 saturated heterocycles. The van der Waals surface area contributed by atoms with Crippen molar-refractivity contribution < 1.29 is 9.72 Å². The summed E-state index contributed by atoms with van der Waals surface area (Å²) >= 11 is 0. The van der Waals surface area contributed by atoms with E-state index in [4.69, 9.17) is 0 Å². The standard InChI is InChI=1S/C14H9N3O3/c18-8-9-1-6-12-13(7-9)16-14(15-12)10-2-4-11(5-3-10)17(19)20/h1-8H,(H,15,16). The van der Waals surface area contributed by atoms with Crippen molar-refractivity contribution in [2.45, 2.75) is 0 Å². The average molecular weight is 267 g/mol. The molecule has 0 saturated carbocycles. The lowest BCUT2D eigenvalue weighted by atomic mass is 10.2. The predicted molar refractivity (Wildman–Crippen MR) is 73.6 cm³/mol. The number of imidazole rings is 1. The molecule has 0 aliphatic rings. The molecule has 0 unspecified atom stereocenters. The predicted octanol–water partition coefficient (Wildman–Crippen LogP) is 2.95. The number of carbonyl (C=O) groups excluding carboxylic acids is 1. The number of rotatable bonds is 3. The third kappa shape index (κ3) is 2.03. The summed E-state index contributed by atoms with van der Waals surface area (Å²) in [5.74, 6) is 0.609. The molecule has 0 spiro atoms. The summed E-state index contributed by atoms with van der Waals surface area (Å²) in [7, 11) is 0. The Morgan fingerprint density at radius 1 is 1.15 bits per heavy atom. The van der Waals surface area contributed by atoms with Gasteiger partial charge in [0.25, 0.3) is 5.69 Å². The first-order chi connectivity index (χ1) is 9.67. The van der Waals surface area contributed by atoms with E-state index in [1.54, 1.807) is 30.3 Å². The highest BCUT2D eigenvalue weighted by Crippen LogP contribution is 2.23. The van der Waals surface area contributed by atoms with E-state index in [9.17, 15) is 14.9 Å². The molecular formula is C14H9N3O3. The maximum Gasteiger partial charge on any atom is 0.269 e. The number of nitrogens with one attached hydrogen (secondary N) is 1. The molecule has 1 heterocycles. The van der Waals surface area contributed by atoms with Crippen LogP contribution in [0.3, 0.4) is 0 Å². The summed E-state index contributed by atoms with van der Waals surface area (Å²) in [5.41, 5.74) is 2.84. The number of nitro groups is 1. The molecule has 0 atom stereocenters. The molecule has 20 heavy (non-hydrogen) atoms. The van der Waals surface area contributed by atoms with Crippen molar-refractivity contribution in [1.82, 2.24) is 9.97 Å². The summed E-state index contributed by atoms with van der Waals surface area (Å²) in [6.07, 6.45) is 0.770. The molecule has 6 heteroatoms. The fourth-order valence-electron chi connectivity index (χ4n) is 1.98. The van der Waals surface area contributed by atoms with E-state index in [-0.39, 0.29) is 5.69 Å². The Kier molecular flexibility index (Phi) is 2.76. The normalized spacial score (nSPS) is 10.6. The molecule has 3 aromatic rings. The Hall–Kier alpha value is -3.02. The number of hydrogen-bond donors (Lipinski definition) is 1. The second kappa shape index (κ2) is 4.58. The van der Waals surface area contributed by atoms with Crippen LogP contribution >= 0.6 is 0 Å². The number of non-ortho nitro benzene ring substituents is 1. The van der Waals surface area contributed by atoms with Crippen LogP contribution in [0.4, 0.5) is 5.69 Å². The molecule has 0 bridgehead atoms. The first kappa shape index (κ1) is 12.0. The summed E-state index contributed by atoms with van der Waals surface area (Å²) in [6, 6.07) is 11.3. The quantitative estimate of drug-likeness (QED) is 0.449. The molecule has 0 aliphatic carbocycles. The van der Waals surface area contributed by atoms with Gasteiger partial charge in [-0.25, -0.2) is 4.98 Å². The number of carbonyl (C=O) groups is 1. The molecule has 0 radical (unpaired) electrons. The lowest BCUT2D eigenvalue weighted by molar-refractivity contribution is -0.384. The van der Waals surface area contributed by atoms with Crippen LogP contribution in [0.2, 0.25) is 0 Å². The maximum atomic E-state index is 10.7. The summed E-state index contributed by atoms with van der Waals surface area (Å²) < 4.78 is 0. The number of nitrogens with zero attached hydrogens (tertiary/aromatic N) is 2. The molecule has 1 aromatic heterocycles. The van der Waals surface area contributed by atoms with Crippen molar-refractivity contribution >= 4 is 23.0 Å². The van der Waals surface area contributed by atoms with Gasteiger partial charge in [-0.3, -0.25) is 14.9 Å². The van der Waals surface area contributed by atoms with Crippen LogP contribution in [0.15, 0.2) is 42.5 Å². The average Bonchev–Trinajstić information content (AvgIpc) is 2.90. The number of aromatic nitrogens is 2. The Labute approximate surface area is 113 Å². The van der Waals surface area contributed by atoms with Crippen LogP contribution in [-0.4, -0.2) is 21.2 Å². The fraction of sp³-hybridized carbons (Fsp3) is 0. The highest BCUT2D eigenvalue weighted by atomic mass is 16.6. The summed E-state index contributed by atoms with van der Waals surface area (Å²) in [6.45, 7) is 0. The zero-order chi connectivity index (χ0) is 14.1. The first-order valence-corrected chi connectivity index (χ1v) is 5.87. The molecule has 0 fully saturated rings.